The normalized spacial score (nSPS) is 9.55. The third-order valence-corrected chi connectivity index (χ3v) is 1.38. The summed E-state index contributed by atoms with van der Waals surface area (Å²) in [5, 5.41) is 9.83. The lowest BCUT2D eigenvalue weighted by atomic mass is 10.1. The van der Waals surface area contributed by atoms with Crippen LogP contribution in [0.25, 0.3) is 0 Å². The summed E-state index contributed by atoms with van der Waals surface area (Å²) in [6.07, 6.45) is 2.39. The number of hydrogen-bond acceptors (Lipinski definition) is 3. The van der Waals surface area contributed by atoms with Crippen LogP contribution in [0.4, 0.5) is 0 Å². The third kappa shape index (κ3) is 6.96. The molecule has 4 heteroatoms. The molecule has 0 fully saturated rings. The predicted molar refractivity (Wildman–Crippen MR) is 41.0 cm³/mol. The molecule has 64 valence electrons. The summed E-state index contributed by atoms with van der Waals surface area (Å²) in [7, 11) is 0. The summed E-state index contributed by atoms with van der Waals surface area (Å²) in [5.41, 5.74) is 0. The Balaban J connectivity index is 3.30. The minimum absolute atomic E-state index is 0.00329. The standard InChI is InChI=1S/C7H13NO3/c1-2-3-4-7(9)5-6-8(10)11/h2-6H2,1H3. The van der Waals surface area contributed by atoms with E-state index >= 15 is 0 Å². The third-order valence-electron chi connectivity index (χ3n) is 1.38. The quantitative estimate of drug-likeness (QED) is 0.435. The fourth-order valence-electron chi connectivity index (χ4n) is 0.715. The van der Waals surface area contributed by atoms with Crippen molar-refractivity contribution in [3.8, 4) is 0 Å². The minimum Gasteiger partial charge on any atom is -0.299 e. The number of hydrogen-bond donors (Lipinski definition) is 0. The van der Waals surface area contributed by atoms with Gasteiger partial charge in [-0.2, -0.15) is 0 Å². The van der Waals surface area contributed by atoms with Gasteiger partial charge in [0.2, 0.25) is 6.54 Å². The zero-order chi connectivity index (χ0) is 8.69. The first-order chi connectivity index (χ1) is 5.16. The molecule has 0 aliphatic heterocycles. The van der Waals surface area contributed by atoms with Crippen LogP contribution in [0.2, 0.25) is 0 Å². The molecule has 0 spiro atoms. The van der Waals surface area contributed by atoms with E-state index in [2.05, 4.69) is 0 Å². The Labute approximate surface area is 65.7 Å². The first kappa shape index (κ1) is 10.1. The molecule has 0 aromatic carbocycles. The van der Waals surface area contributed by atoms with Crippen molar-refractivity contribution in [1.82, 2.24) is 0 Å². The van der Waals surface area contributed by atoms with E-state index in [9.17, 15) is 14.9 Å². The van der Waals surface area contributed by atoms with E-state index in [-0.39, 0.29) is 18.7 Å². The van der Waals surface area contributed by atoms with E-state index in [1.54, 1.807) is 0 Å². The lowest BCUT2D eigenvalue weighted by molar-refractivity contribution is -0.478. The van der Waals surface area contributed by atoms with E-state index in [0.717, 1.165) is 12.8 Å². The average molecular weight is 159 g/mol. The van der Waals surface area contributed by atoms with Gasteiger partial charge in [0, 0.05) is 11.3 Å². The molecule has 0 unspecified atom stereocenters. The van der Waals surface area contributed by atoms with Gasteiger partial charge in [0.25, 0.3) is 0 Å². The molecule has 0 rings (SSSR count). The number of carbonyl (C=O) groups is 1. The molecule has 0 amide bonds. The average Bonchev–Trinajstić information content (AvgIpc) is 1.97. The Morgan fingerprint density at radius 1 is 1.45 bits per heavy atom. The van der Waals surface area contributed by atoms with E-state index in [4.69, 9.17) is 0 Å². The molecule has 0 N–H and O–H groups in total. The number of Topliss-reactive ketones (excluding diaryl/α,β-unsaturated/α-hetero) is 1. The number of rotatable bonds is 6. The van der Waals surface area contributed by atoms with Gasteiger partial charge >= 0.3 is 0 Å². The maximum absolute atomic E-state index is 10.8. The van der Waals surface area contributed by atoms with Gasteiger partial charge in [0.1, 0.15) is 5.78 Å². The Morgan fingerprint density at radius 3 is 2.55 bits per heavy atom. The predicted octanol–water partition coefficient (Wildman–Crippen LogP) is 1.41. The molecule has 4 nitrogen and oxygen atoms in total. The van der Waals surface area contributed by atoms with Crippen LogP contribution in [0.3, 0.4) is 0 Å². The van der Waals surface area contributed by atoms with Crippen molar-refractivity contribution in [2.75, 3.05) is 6.54 Å². The molecule has 0 aromatic heterocycles. The van der Waals surface area contributed by atoms with Gasteiger partial charge < -0.3 is 0 Å². The zero-order valence-corrected chi connectivity index (χ0v) is 6.71. The molecular weight excluding hydrogens is 146 g/mol. The second kappa shape index (κ2) is 5.82. The van der Waals surface area contributed by atoms with Gasteiger partial charge in [-0.25, -0.2) is 0 Å². The van der Waals surface area contributed by atoms with Crippen LogP contribution in [-0.2, 0) is 4.79 Å². The van der Waals surface area contributed by atoms with Crippen LogP contribution in [0.5, 0.6) is 0 Å². The molecule has 11 heavy (non-hydrogen) atoms. The zero-order valence-electron chi connectivity index (χ0n) is 6.71. The lowest BCUT2D eigenvalue weighted by Gasteiger charge is -1.94. The molecule has 0 saturated carbocycles. The summed E-state index contributed by atoms with van der Waals surface area (Å²) in [4.78, 5) is 20.2. The van der Waals surface area contributed by atoms with Crippen molar-refractivity contribution >= 4 is 5.78 Å². The largest absolute Gasteiger partial charge is 0.299 e. The van der Waals surface area contributed by atoms with Crippen LogP contribution in [-0.4, -0.2) is 17.3 Å². The van der Waals surface area contributed by atoms with Gasteiger partial charge in [-0.05, 0) is 6.42 Å². The molecule has 0 saturated heterocycles. The van der Waals surface area contributed by atoms with E-state index < -0.39 is 4.92 Å². The first-order valence-corrected chi connectivity index (χ1v) is 3.80. The second-order valence-electron chi connectivity index (χ2n) is 2.45. The Bertz CT molecular complexity index is 145. The lowest BCUT2D eigenvalue weighted by Crippen LogP contribution is -2.07. The number of nitrogens with zero attached hydrogens (tertiary/aromatic N) is 1. The van der Waals surface area contributed by atoms with Crippen molar-refractivity contribution in [1.29, 1.82) is 0 Å². The van der Waals surface area contributed by atoms with Crippen LogP contribution in [0.15, 0.2) is 0 Å². The van der Waals surface area contributed by atoms with Crippen molar-refractivity contribution in [2.24, 2.45) is 0 Å². The monoisotopic (exact) mass is 159 g/mol. The molecule has 0 radical (unpaired) electrons. The van der Waals surface area contributed by atoms with Crippen LogP contribution >= 0.6 is 0 Å². The van der Waals surface area contributed by atoms with Crippen LogP contribution in [0, 0.1) is 10.1 Å². The van der Waals surface area contributed by atoms with Crippen LogP contribution in [0.1, 0.15) is 32.6 Å². The maximum Gasteiger partial charge on any atom is 0.210 e. The van der Waals surface area contributed by atoms with Crippen LogP contribution < -0.4 is 0 Å². The van der Waals surface area contributed by atoms with Gasteiger partial charge in [0.05, 0.1) is 6.42 Å². The van der Waals surface area contributed by atoms with Crippen molar-refractivity contribution in [3.63, 3.8) is 0 Å². The molecule has 0 aliphatic carbocycles. The van der Waals surface area contributed by atoms with Gasteiger partial charge in [-0.1, -0.05) is 13.3 Å². The summed E-state index contributed by atoms with van der Waals surface area (Å²) in [6.45, 7) is 1.77. The van der Waals surface area contributed by atoms with E-state index in [0.29, 0.717) is 6.42 Å². The molecular formula is C7H13NO3. The molecule has 0 bridgehead atoms. The van der Waals surface area contributed by atoms with Gasteiger partial charge in [0.15, 0.2) is 0 Å². The Hall–Kier alpha value is -0.930. The highest BCUT2D eigenvalue weighted by atomic mass is 16.6. The number of nitro groups is 1. The topological polar surface area (TPSA) is 60.2 Å². The Morgan fingerprint density at radius 2 is 2.09 bits per heavy atom. The fraction of sp³-hybridized carbons (Fsp3) is 0.857. The maximum atomic E-state index is 10.8. The number of carbonyl (C=O) groups excluding carboxylic acids is 1. The van der Waals surface area contributed by atoms with E-state index in [1.165, 1.54) is 0 Å². The molecule has 0 aliphatic rings. The van der Waals surface area contributed by atoms with Crippen molar-refractivity contribution in [2.45, 2.75) is 32.6 Å². The highest BCUT2D eigenvalue weighted by Crippen LogP contribution is 1.97. The highest BCUT2D eigenvalue weighted by molar-refractivity contribution is 5.78. The molecule has 0 aromatic rings. The summed E-state index contributed by atoms with van der Waals surface area (Å²) in [5.74, 6) is 0.00329. The first-order valence-electron chi connectivity index (χ1n) is 3.80. The smallest absolute Gasteiger partial charge is 0.210 e. The van der Waals surface area contributed by atoms with Gasteiger partial charge in [-0.15, -0.1) is 0 Å². The number of ketones is 1. The minimum atomic E-state index is -0.455. The molecule has 0 heterocycles. The van der Waals surface area contributed by atoms with E-state index in [1.807, 2.05) is 6.92 Å². The second-order valence-corrected chi connectivity index (χ2v) is 2.45. The van der Waals surface area contributed by atoms with Crippen molar-refractivity contribution in [3.05, 3.63) is 10.1 Å². The molecule has 0 atom stereocenters. The summed E-state index contributed by atoms with van der Waals surface area (Å²) < 4.78 is 0. The SMILES string of the molecule is CCCCC(=O)CC[N+](=O)[O-]. The van der Waals surface area contributed by atoms with Gasteiger partial charge in [-0.3, -0.25) is 14.9 Å². The summed E-state index contributed by atoms with van der Waals surface area (Å²) >= 11 is 0. The highest BCUT2D eigenvalue weighted by Gasteiger charge is 2.04. The summed E-state index contributed by atoms with van der Waals surface area (Å²) in [6, 6.07) is 0. The fourth-order valence-corrected chi connectivity index (χ4v) is 0.715. The number of unbranched alkanes of at least 4 members (excludes halogenated alkanes) is 1. The Kier molecular flexibility index (Phi) is 5.33. The van der Waals surface area contributed by atoms with Crippen molar-refractivity contribution < 1.29 is 9.72 Å².